The number of benzene rings is 1. The van der Waals surface area contributed by atoms with Gasteiger partial charge in [-0.15, -0.1) is 0 Å². The van der Waals surface area contributed by atoms with Crippen LogP contribution < -0.4 is 10.1 Å². The Morgan fingerprint density at radius 2 is 2.10 bits per heavy atom. The van der Waals surface area contributed by atoms with Crippen molar-refractivity contribution in [2.45, 2.75) is 39.2 Å². The summed E-state index contributed by atoms with van der Waals surface area (Å²) in [6.45, 7) is 11.8. The lowest BCUT2D eigenvalue weighted by atomic mass is 9.90. The van der Waals surface area contributed by atoms with Gasteiger partial charge in [-0.05, 0) is 37.5 Å². The van der Waals surface area contributed by atoms with E-state index in [0.717, 1.165) is 38.5 Å². The van der Waals surface area contributed by atoms with Crippen molar-refractivity contribution in [3.05, 3.63) is 29.8 Å². The summed E-state index contributed by atoms with van der Waals surface area (Å²) in [4.78, 5) is 2.53. The van der Waals surface area contributed by atoms with Gasteiger partial charge in [0, 0.05) is 31.7 Å². The highest BCUT2D eigenvalue weighted by atomic mass is 16.5. The van der Waals surface area contributed by atoms with Gasteiger partial charge in [-0.2, -0.15) is 0 Å². The molecule has 0 amide bonds. The Kier molecular flexibility index (Phi) is 5.44. The van der Waals surface area contributed by atoms with Gasteiger partial charge in [0.05, 0.1) is 0 Å². The zero-order valence-electron chi connectivity index (χ0n) is 13.1. The van der Waals surface area contributed by atoms with Crippen LogP contribution in [0.4, 0.5) is 0 Å². The summed E-state index contributed by atoms with van der Waals surface area (Å²) in [5.74, 6) is 0.984. The Labute approximate surface area is 123 Å². The summed E-state index contributed by atoms with van der Waals surface area (Å²) in [5.41, 5.74) is 1.56. The summed E-state index contributed by atoms with van der Waals surface area (Å²) >= 11 is 0. The molecule has 0 atom stereocenters. The molecule has 20 heavy (non-hydrogen) atoms. The first kappa shape index (κ1) is 15.3. The number of hydrogen-bond donors (Lipinski definition) is 1. The Morgan fingerprint density at radius 1 is 1.30 bits per heavy atom. The van der Waals surface area contributed by atoms with Crippen LogP contribution in [0, 0.1) is 6.92 Å². The number of piperazine rings is 1. The maximum Gasteiger partial charge on any atom is 0.119 e. The number of nitrogens with one attached hydrogen (secondary N) is 1. The molecule has 0 saturated carbocycles. The molecule has 0 unspecified atom stereocenters. The molecule has 0 radical (unpaired) electrons. The van der Waals surface area contributed by atoms with Gasteiger partial charge in [-0.25, -0.2) is 0 Å². The Balaban J connectivity index is 1.79. The highest BCUT2D eigenvalue weighted by Gasteiger charge is 2.31. The fourth-order valence-electron chi connectivity index (χ4n) is 2.95. The summed E-state index contributed by atoms with van der Waals surface area (Å²) in [6, 6.07) is 8.28. The van der Waals surface area contributed by atoms with E-state index in [9.17, 15) is 0 Å². The maximum absolute atomic E-state index is 5.86. The average Bonchev–Trinajstić information content (AvgIpc) is 2.47. The highest BCUT2D eigenvalue weighted by Crippen LogP contribution is 2.20. The van der Waals surface area contributed by atoms with Crippen molar-refractivity contribution in [3.63, 3.8) is 0 Å². The fourth-order valence-corrected chi connectivity index (χ4v) is 2.95. The molecule has 112 valence electrons. The maximum atomic E-state index is 5.86. The van der Waals surface area contributed by atoms with Crippen LogP contribution >= 0.6 is 0 Å². The molecule has 1 heterocycles. The molecule has 0 aromatic heterocycles. The number of nitrogens with zero attached hydrogens (tertiary/aromatic N) is 1. The molecule has 1 fully saturated rings. The molecule has 3 heteroatoms. The van der Waals surface area contributed by atoms with E-state index in [0.29, 0.717) is 5.54 Å². The first-order valence-electron chi connectivity index (χ1n) is 7.84. The van der Waals surface area contributed by atoms with Gasteiger partial charge < -0.3 is 10.1 Å². The third kappa shape index (κ3) is 3.97. The van der Waals surface area contributed by atoms with E-state index >= 15 is 0 Å². The molecule has 0 bridgehead atoms. The quantitative estimate of drug-likeness (QED) is 0.864. The molecule has 0 aliphatic carbocycles. The second-order valence-electron chi connectivity index (χ2n) is 5.86. The lowest BCUT2D eigenvalue weighted by molar-refractivity contribution is 0.108. The van der Waals surface area contributed by atoms with Crippen molar-refractivity contribution in [2.75, 3.05) is 32.8 Å². The molecule has 1 aromatic rings. The van der Waals surface area contributed by atoms with Gasteiger partial charge in [-0.1, -0.05) is 26.0 Å². The molecule has 2 rings (SSSR count). The molecule has 1 aliphatic heterocycles. The Bertz CT molecular complexity index is 415. The van der Waals surface area contributed by atoms with Crippen LogP contribution in [0.2, 0.25) is 0 Å². The molecule has 0 spiro atoms. The van der Waals surface area contributed by atoms with Crippen LogP contribution in [0.5, 0.6) is 5.75 Å². The predicted molar refractivity (Wildman–Crippen MR) is 84.4 cm³/mol. The Morgan fingerprint density at radius 3 is 2.80 bits per heavy atom. The summed E-state index contributed by atoms with van der Waals surface area (Å²) < 4.78 is 5.86. The van der Waals surface area contributed by atoms with Crippen molar-refractivity contribution < 1.29 is 4.74 Å². The number of aryl methyl sites for hydroxylation is 1. The van der Waals surface area contributed by atoms with E-state index in [4.69, 9.17) is 4.74 Å². The van der Waals surface area contributed by atoms with Crippen LogP contribution in [0.15, 0.2) is 24.3 Å². The monoisotopic (exact) mass is 276 g/mol. The van der Waals surface area contributed by atoms with Crippen molar-refractivity contribution in [2.24, 2.45) is 0 Å². The topological polar surface area (TPSA) is 24.5 Å². The fraction of sp³-hybridized carbons (Fsp3) is 0.647. The zero-order chi connectivity index (χ0) is 14.4. The number of ether oxygens (including phenoxy) is 1. The third-order valence-electron chi connectivity index (χ3n) is 4.47. The standard InChI is InChI=1S/C17H28N2O/c1-4-17(5-2)14-19(10-9-18-17)11-12-20-16-8-6-7-15(3)13-16/h6-8,13,18H,4-5,9-12,14H2,1-3H3. The average molecular weight is 276 g/mol. The van der Waals surface area contributed by atoms with Gasteiger partial charge in [0.1, 0.15) is 12.4 Å². The SMILES string of the molecule is CCC1(CC)CN(CCOc2cccc(C)c2)CCN1. The lowest BCUT2D eigenvalue weighted by Gasteiger charge is -2.43. The molecule has 1 aromatic carbocycles. The number of rotatable bonds is 6. The van der Waals surface area contributed by atoms with Crippen molar-refractivity contribution in [3.8, 4) is 5.75 Å². The lowest BCUT2D eigenvalue weighted by Crippen LogP contribution is -2.60. The van der Waals surface area contributed by atoms with Crippen molar-refractivity contribution in [1.82, 2.24) is 10.2 Å². The van der Waals surface area contributed by atoms with Gasteiger partial charge in [-0.3, -0.25) is 4.90 Å². The van der Waals surface area contributed by atoms with E-state index in [1.807, 2.05) is 6.07 Å². The first-order valence-corrected chi connectivity index (χ1v) is 7.84. The van der Waals surface area contributed by atoms with Gasteiger partial charge in [0.25, 0.3) is 0 Å². The van der Waals surface area contributed by atoms with Crippen molar-refractivity contribution >= 4 is 0 Å². The second kappa shape index (κ2) is 7.09. The molecule has 3 nitrogen and oxygen atoms in total. The van der Waals surface area contributed by atoms with Crippen LogP contribution in [0.1, 0.15) is 32.3 Å². The summed E-state index contributed by atoms with van der Waals surface area (Å²) in [7, 11) is 0. The second-order valence-corrected chi connectivity index (χ2v) is 5.86. The van der Waals surface area contributed by atoms with E-state index in [-0.39, 0.29) is 0 Å². The smallest absolute Gasteiger partial charge is 0.119 e. The predicted octanol–water partition coefficient (Wildman–Crippen LogP) is 2.84. The minimum absolute atomic E-state index is 0.307. The van der Waals surface area contributed by atoms with Gasteiger partial charge in [0.15, 0.2) is 0 Å². The normalized spacial score (nSPS) is 18.9. The van der Waals surface area contributed by atoms with E-state index < -0.39 is 0 Å². The van der Waals surface area contributed by atoms with Crippen molar-refractivity contribution in [1.29, 1.82) is 0 Å². The van der Waals surface area contributed by atoms with Gasteiger partial charge >= 0.3 is 0 Å². The summed E-state index contributed by atoms with van der Waals surface area (Å²) in [6.07, 6.45) is 2.39. The minimum Gasteiger partial charge on any atom is -0.492 e. The zero-order valence-corrected chi connectivity index (χ0v) is 13.1. The summed E-state index contributed by atoms with van der Waals surface area (Å²) in [5, 5.41) is 3.70. The van der Waals surface area contributed by atoms with Gasteiger partial charge in [0.2, 0.25) is 0 Å². The van der Waals surface area contributed by atoms with E-state index in [1.54, 1.807) is 0 Å². The first-order chi connectivity index (χ1) is 9.67. The highest BCUT2D eigenvalue weighted by molar-refractivity contribution is 5.27. The Hall–Kier alpha value is -1.06. The third-order valence-corrected chi connectivity index (χ3v) is 4.47. The van der Waals surface area contributed by atoms with Crippen LogP contribution in [-0.4, -0.2) is 43.2 Å². The largest absolute Gasteiger partial charge is 0.492 e. The molecular formula is C17H28N2O. The van der Waals surface area contributed by atoms with Crippen LogP contribution in [0.3, 0.4) is 0 Å². The molecule has 1 saturated heterocycles. The number of hydrogen-bond acceptors (Lipinski definition) is 3. The van der Waals surface area contributed by atoms with E-state index in [1.165, 1.54) is 18.4 Å². The molecule has 1 N–H and O–H groups in total. The minimum atomic E-state index is 0.307. The molecular weight excluding hydrogens is 248 g/mol. The van der Waals surface area contributed by atoms with Crippen LogP contribution in [0.25, 0.3) is 0 Å². The molecule has 1 aliphatic rings. The van der Waals surface area contributed by atoms with E-state index in [2.05, 4.69) is 49.2 Å². The van der Waals surface area contributed by atoms with Crippen LogP contribution in [-0.2, 0) is 0 Å².